The van der Waals surface area contributed by atoms with Gasteiger partial charge in [0.1, 0.15) is 11.5 Å². The fraction of sp³-hybridized carbons (Fsp3) is 0.348. The van der Waals surface area contributed by atoms with Gasteiger partial charge in [0.2, 0.25) is 0 Å². The van der Waals surface area contributed by atoms with Crippen LogP contribution >= 0.6 is 12.4 Å². The number of methoxy groups -OCH3 is 3. The van der Waals surface area contributed by atoms with Crippen LogP contribution in [0.2, 0.25) is 0 Å². The molecule has 8 nitrogen and oxygen atoms in total. The summed E-state index contributed by atoms with van der Waals surface area (Å²) in [6.45, 7) is 2.43. The summed E-state index contributed by atoms with van der Waals surface area (Å²) in [4.78, 5) is 28.3. The first-order valence-corrected chi connectivity index (χ1v) is 9.79. The number of ether oxygens (including phenoxy) is 5. The summed E-state index contributed by atoms with van der Waals surface area (Å²) < 4.78 is 26.3. The van der Waals surface area contributed by atoms with Crippen LogP contribution < -0.4 is 18.9 Å². The fourth-order valence-electron chi connectivity index (χ4n) is 2.68. The summed E-state index contributed by atoms with van der Waals surface area (Å²) in [5.41, 5.74) is 0.922. The predicted octanol–water partition coefficient (Wildman–Crippen LogP) is 4.15. The summed E-state index contributed by atoms with van der Waals surface area (Å²) in [7, 11) is 4.55. The number of nitrogens with zero attached hydrogens (tertiary/aromatic N) is 1. The van der Waals surface area contributed by atoms with E-state index < -0.39 is 0 Å². The van der Waals surface area contributed by atoms with Gasteiger partial charge >= 0.3 is 5.97 Å². The number of carbonyl (C=O) groups excluding carboxylic acids is 2. The number of pyridine rings is 1. The largest absolute Gasteiger partial charge is 0.497 e. The molecule has 0 unspecified atom stereocenters. The minimum Gasteiger partial charge on any atom is -0.497 e. The summed E-state index contributed by atoms with van der Waals surface area (Å²) >= 11 is 0. The molecule has 0 bridgehead atoms. The first-order chi connectivity index (χ1) is 15.0. The van der Waals surface area contributed by atoms with E-state index in [4.69, 9.17) is 23.7 Å². The van der Waals surface area contributed by atoms with Gasteiger partial charge in [0.25, 0.3) is 0 Å². The van der Waals surface area contributed by atoms with E-state index >= 15 is 0 Å². The van der Waals surface area contributed by atoms with Crippen LogP contribution in [-0.2, 0) is 9.53 Å². The lowest BCUT2D eigenvalue weighted by molar-refractivity contribution is -0.143. The van der Waals surface area contributed by atoms with Gasteiger partial charge in [-0.15, -0.1) is 12.4 Å². The molecule has 0 aliphatic heterocycles. The maximum absolute atomic E-state index is 12.6. The van der Waals surface area contributed by atoms with Crippen molar-refractivity contribution in [3.05, 3.63) is 47.8 Å². The first kappa shape index (κ1) is 26.8. The van der Waals surface area contributed by atoms with Crippen LogP contribution in [0, 0.1) is 0 Å². The van der Waals surface area contributed by atoms with E-state index in [0.29, 0.717) is 53.9 Å². The molecular formula is C23H28ClNO7. The van der Waals surface area contributed by atoms with Crippen molar-refractivity contribution < 1.29 is 33.3 Å². The van der Waals surface area contributed by atoms with E-state index in [1.807, 2.05) is 0 Å². The molecule has 174 valence electrons. The molecule has 0 radical (unpaired) electrons. The predicted molar refractivity (Wildman–Crippen MR) is 122 cm³/mol. The molecule has 2 aromatic rings. The smallest absolute Gasteiger partial charge is 0.305 e. The van der Waals surface area contributed by atoms with E-state index in [0.717, 1.165) is 0 Å². The van der Waals surface area contributed by atoms with Crippen molar-refractivity contribution in [2.75, 3.05) is 34.5 Å². The van der Waals surface area contributed by atoms with Crippen LogP contribution in [0.15, 0.2) is 36.5 Å². The number of esters is 1. The zero-order valence-corrected chi connectivity index (χ0v) is 19.4. The molecule has 0 N–H and O–H groups in total. The minimum absolute atomic E-state index is 0. The number of hydrogen-bond acceptors (Lipinski definition) is 8. The molecule has 0 atom stereocenters. The number of allylic oxidation sites excluding steroid dienone is 1. The number of aromatic nitrogens is 1. The van der Waals surface area contributed by atoms with Crippen molar-refractivity contribution in [1.82, 2.24) is 4.98 Å². The molecular weight excluding hydrogens is 438 g/mol. The minimum atomic E-state index is -0.260. The normalized spacial score (nSPS) is 10.2. The van der Waals surface area contributed by atoms with Crippen LogP contribution in [0.5, 0.6) is 23.0 Å². The van der Waals surface area contributed by atoms with Crippen molar-refractivity contribution >= 4 is 30.2 Å². The molecule has 1 aromatic carbocycles. The number of ketones is 1. The Morgan fingerprint density at radius 3 is 2.41 bits per heavy atom. The third-order valence-electron chi connectivity index (χ3n) is 4.24. The van der Waals surface area contributed by atoms with Crippen molar-refractivity contribution in [3.8, 4) is 23.0 Å². The molecule has 0 amide bonds. The third-order valence-corrected chi connectivity index (χ3v) is 4.24. The lowest BCUT2D eigenvalue weighted by Gasteiger charge is -2.11. The molecule has 0 saturated carbocycles. The molecule has 1 heterocycles. The fourth-order valence-corrected chi connectivity index (χ4v) is 2.68. The molecule has 2 rings (SSSR count). The molecule has 0 spiro atoms. The second-order valence-corrected chi connectivity index (χ2v) is 6.28. The van der Waals surface area contributed by atoms with Gasteiger partial charge in [-0.3, -0.25) is 14.6 Å². The number of benzene rings is 1. The first-order valence-electron chi connectivity index (χ1n) is 9.79. The van der Waals surface area contributed by atoms with Crippen molar-refractivity contribution in [2.45, 2.75) is 19.8 Å². The van der Waals surface area contributed by atoms with E-state index in [2.05, 4.69) is 4.98 Å². The topological polar surface area (TPSA) is 93.2 Å². The van der Waals surface area contributed by atoms with Crippen LogP contribution in [0.3, 0.4) is 0 Å². The Bertz CT molecular complexity index is 931. The van der Waals surface area contributed by atoms with Gasteiger partial charge in [-0.05, 0) is 37.6 Å². The van der Waals surface area contributed by atoms with Crippen molar-refractivity contribution in [1.29, 1.82) is 0 Å². The zero-order valence-electron chi connectivity index (χ0n) is 18.6. The summed E-state index contributed by atoms with van der Waals surface area (Å²) in [5.74, 6) is 1.44. The average molecular weight is 466 g/mol. The number of carbonyl (C=O) groups is 2. The van der Waals surface area contributed by atoms with Crippen LogP contribution in [-0.4, -0.2) is 51.3 Å². The highest BCUT2D eigenvalue weighted by Gasteiger charge is 2.12. The maximum atomic E-state index is 12.6. The Hall–Kier alpha value is -3.26. The summed E-state index contributed by atoms with van der Waals surface area (Å²) in [5, 5.41) is 0. The maximum Gasteiger partial charge on any atom is 0.305 e. The van der Waals surface area contributed by atoms with Gasteiger partial charge in [-0.25, -0.2) is 0 Å². The lowest BCUT2D eigenvalue weighted by atomic mass is 10.1. The molecule has 0 aliphatic carbocycles. The second kappa shape index (κ2) is 13.9. The standard InChI is InChI=1S/C23H27NO7.ClH/c1-5-30-23(26)7-6-12-31-21-13-16(24-15-22(21)29-4)8-11-19(25)18-10-9-17(27-2)14-20(18)28-3;/h8-11,13-15H,5-7,12H2,1-4H3;1H. The van der Waals surface area contributed by atoms with E-state index in [1.54, 1.807) is 44.4 Å². The highest BCUT2D eigenvalue weighted by atomic mass is 35.5. The summed E-state index contributed by atoms with van der Waals surface area (Å²) in [6, 6.07) is 6.65. The number of hydrogen-bond donors (Lipinski definition) is 0. The summed E-state index contributed by atoms with van der Waals surface area (Å²) in [6.07, 6.45) is 5.27. The quantitative estimate of drug-likeness (QED) is 0.200. The third kappa shape index (κ3) is 7.77. The molecule has 0 aliphatic rings. The Balaban J connectivity index is 0.00000512. The highest BCUT2D eigenvalue weighted by molar-refractivity contribution is 6.08. The van der Waals surface area contributed by atoms with Gasteiger partial charge in [-0.1, -0.05) is 0 Å². The molecule has 9 heteroatoms. The Morgan fingerprint density at radius 2 is 1.75 bits per heavy atom. The van der Waals surface area contributed by atoms with Gasteiger partial charge in [0, 0.05) is 18.6 Å². The van der Waals surface area contributed by atoms with Gasteiger partial charge in [0.15, 0.2) is 17.3 Å². The highest BCUT2D eigenvalue weighted by Crippen LogP contribution is 2.28. The van der Waals surface area contributed by atoms with E-state index in [-0.39, 0.29) is 30.6 Å². The Kier molecular flexibility index (Phi) is 11.7. The Labute approximate surface area is 193 Å². The van der Waals surface area contributed by atoms with Gasteiger partial charge in [-0.2, -0.15) is 0 Å². The average Bonchev–Trinajstić information content (AvgIpc) is 2.80. The molecule has 0 saturated heterocycles. The zero-order chi connectivity index (χ0) is 22.6. The van der Waals surface area contributed by atoms with Gasteiger partial charge < -0.3 is 23.7 Å². The second-order valence-electron chi connectivity index (χ2n) is 6.28. The monoisotopic (exact) mass is 465 g/mol. The van der Waals surface area contributed by atoms with Crippen LogP contribution in [0.4, 0.5) is 0 Å². The molecule has 32 heavy (non-hydrogen) atoms. The van der Waals surface area contributed by atoms with Crippen LogP contribution in [0.1, 0.15) is 35.8 Å². The molecule has 1 aromatic heterocycles. The number of halogens is 1. The van der Waals surface area contributed by atoms with Crippen LogP contribution in [0.25, 0.3) is 6.08 Å². The van der Waals surface area contributed by atoms with Gasteiger partial charge in [0.05, 0.1) is 52.0 Å². The van der Waals surface area contributed by atoms with E-state index in [1.165, 1.54) is 26.5 Å². The van der Waals surface area contributed by atoms with Crippen molar-refractivity contribution in [2.24, 2.45) is 0 Å². The number of rotatable bonds is 12. The Morgan fingerprint density at radius 1 is 1.00 bits per heavy atom. The SMILES string of the molecule is CCOC(=O)CCCOc1cc(C=CC(=O)c2ccc(OC)cc2OC)ncc1OC.Cl. The van der Waals surface area contributed by atoms with E-state index in [9.17, 15) is 9.59 Å². The molecule has 0 fully saturated rings. The van der Waals surface area contributed by atoms with Crippen molar-refractivity contribution in [3.63, 3.8) is 0 Å². The lowest BCUT2D eigenvalue weighted by Crippen LogP contribution is -2.07.